The molecule has 1 atom stereocenters. The Kier molecular flexibility index (Phi) is 4.73. The summed E-state index contributed by atoms with van der Waals surface area (Å²) in [6, 6.07) is 7.84. The van der Waals surface area contributed by atoms with Gasteiger partial charge >= 0.3 is 0 Å². The van der Waals surface area contributed by atoms with Crippen molar-refractivity contribution in [3.8, 4) is 0 Å². The molecule has 7 nitrogen and oxygen atoms in total. The third-order valence-electron chi connectivity index (χ3n) is 3.14. The number of nitrogens with two attached hydrogens (primary N) is 1. The van der Waals surface area contributed by atoms with E-state index < -0.39 is 19.8 Å². The van der Waals surface area contributed by atoms with Crippen LogP contribution in [-0.2, 0) is 26.3 Å². The number of hydrogen-bond donors (Lipinski definition) is 3. The van der Waals surface area contributed by atoms with Crippen LogP contribution in [0.15, 0.2) is 46.3 Å². The normalized spacial score (nSPS) is 14.2. The van der Waals surface area contributed by atoms with Crippen LogP contribution in [0.4, 0.5) is 5.69 Å². The Hall–Kier alpha value is -1.97. The molecule has 2 rings (SSSR count). The van der Waals surface area contributed by atoms with Crippen molar-refractivity contribution in [2.75, 3.05) is 11.6 Å². The van der Waals surface area contributed by atoms with Crippen LogP contribution in [0.3, 0.4) is 0 Å². The number of hydrogen-bond acceptors (Lipinski definition) is 6. The number of primary sulfonamides is 1. The minimum Gasteiger partial charge on any atom is -0.379 e. The van der Waals surface area contributed by atoms with Crippen LogP contribution in [0, 0.1) is 11.7 Å². The quantitative estimate of drug-likeness (QED) is 0.753. The summed E-state index contributed by atoms with van der Waals surface area (Å²) in [7, 11) is -7.14. The molecule has 0 aliphatic carbocycles. The first-order valence-electron chi connectivity index (χ1n) is 6.64. The number of para-hydroxylation sites is 1. The predicted octanol–water partition coefficient (Wildman–Crippen LogP) is 1.68. The lowest BCUT2D eigenvalue weighted by Crippen LogP contribution is -2.17. The molecule has 124 valence electrons. The van der Waals surface area contributed by atoms with E-state index in [1.165, 1.54) is 24.5 Å². The molecule has 0 amide bonds. The molecule has 0 aliphatic rings. The van der Waals surface area contributed by atoms with Crippen LogP contribution < -0.4 is 10.5 Å². The molecule has 0 fully saturated rings. The molecule has 2 aromatic rings. The first kappa shape index (κ1) is 17.4. The fourth-order valence-corrected chi connectivity index (χ4v) is 3.86. The second-order valence-electron chi connectivity index (χ2n) is 5.18. The molecule has 1 unspecified atom stereocenters. The standard InChI is InChI=1S/C14H18N4O3S2/c1-10-8-11(6-7-17-10)9-18-14-12(22(2,15)19)4-3-5-13(14)23(16,20)21/h3-8,15,18H,9H2,1-2H3,(H2,16,20,21). The van der Waals surface area contributed by atoms with E-state index in [4.69, 9.17) is 9.92 Å². The van der Waals surface area contributed by atoms with Crippen LogP contribution in [-0.4, -0.2) is 23.9 Å². The first-order valence-corrected chi connectivity index (χ1v) is 10.2. The topological polar surface area (TPSA) is 126 Å². The average molecular weight is 354 g/mol. The van der Waals surface area contributed by atoms with Crippen LogP contribution in [0.25, 0.3) is 0 Å². The molecule has 0 bridgehead atoms. The number of aryl methyl sites for hydroxylation is 1. The largest absolute Gasteiger partial charge is 0.379 e. The fraction of sp³-hybridized carbons (Fsp3) is 0.214. The molecular formula is C14H18N4O3S2. The average Bonchev–Trinajstić information content (AvgIpc) is 2.43. The van der Waals surface area contributed by atoms with E-state index in [9.17, 15) is 12.6 Å². The Bertz CT molecular complexity index is 888. The highest BCUT2D eigenvalue weighted by molar-refractivity contribution is 7.92. The van der Waals surface area contributed by atoms with Crippen LogP contribution in [0.1, 0.15) is 11.3 Å². The molecule has 1 aromatic heterocycles. The van der Waals surface area contributed by atoms with Gasteiger partial charge in [0.25, 0.3) is 0 Å². The molecule has 1 aromatic carbocycles. The third kappa shape index (κ3) is 4.27. The van der Waals surface area contributed by atoms with Gasteiger partial charge in [0, 0.05) is 24.7 Å². The highest BCUT2D eigenvalue weighted by atomic mass is 32.2. The number of nitrogens with one attached hydrogen (secondary N) is 2. The summed E-state index contributed by atoms with van der Waals surface area (Å²) in [6.45, 7) is 2.13. The Morgan fingerprint density at radius 2 is 1.87 bits per heavy atom. The van der Waals surface area contributed by atoms with Crippen molar-refractivity contribution >= 4 is 25.4 Å². The summed E-state index contributed by atoms with van der Waals surface area (Å²) >= 11 is 0. The van der Waals surface area contributed by atoms with Crippen molar-refractivity contribution in [2.45, 2.75) is 23.3 Å². The van der Waals surface area contributed by atoms with E-state index in [2.05, 4.69) is 10.3 Å². The number of benzene rings is 1. The molecule has 4 N–H and O–H groups in total. The Labute approximate surface area is 136 Å². The van der Waals surface area contributed by atoms with E-state index in [1.54, 1.807) is 12.3 Å². The maximum absolute atomic E-state index is 12.1. The predicted molar refractivity (Wildman–Crippen MR) is 89.2 cm³/mol. The number of nitrogens with zero attached hydrogens (tertiary/aromatic N) is 1. The number of sulfonamides is 1. The lowest BCUT2D eigenvalue weighted by Gasteiger charge is -2.16. The van der Waals surface area contributed by atoms with Crippen molar-refractivity contribution in [2.24, 2.45) is 5.14 Å². The monoisotopic (exact) mass is 354 g/mol. The van der Waals surface area contributed by atoms with Crippen molar-refractivity contribution in [1.82, 2.24) is 4.98 Å². The van der Waals surface area contributed by atoms with E-state index in [1.807, 2.05) is 13.0 Å². The maximum Gasteiger partial charge on any atom is 0.240 e. The zero-order valence-electron chi connectivity index (χ0n) is 12.7. The summed E-state index contributed by atoms with van der Waals surface area (Å²) in [5, 5.41) is 8.18. The summed E-state index contributed by atoms with van der Waals surface area (Å²) < 4.78 is 43.5. The van der Waals surface area contributed by atoms with E-state index >= 15 is 0 Å². The van der Waals surface area contributed by atoms with Crippen molar-refractivity contribution in [3.63, 3.8) is 0 Å². The van der Waals surface area contributed by atoms with E-state index in [0.29, 0.717) is 6.54 Å². The molecule has 23 heavy (non-hydrogen) atoms. The smallest absolute Gasteiger partial charge is 0.240 e. The van der Waals surface area contributed by atoms with Gasteiger partial charge in [-0.3, -0.25) is 4.98 Å². The summed E-state index contributed by atoms with van der Waals surface area (Å²) in [4.78, 5) is 4.02. The van der Waals surface area contributed by atoms with Crippen LogP contribution >= 0.6 is 0 Å². The minimum atomic E-state index is -4.01. The molecule has 0 saturated carbocycles. The first-order chi connectivity index (χ1) is 10.6. The van der Waals surface area contributed by atoms with Gasteiger partial charge < -0.3 is 5.32 Å². The summed E-state index contributed by atoms with van der Waals surface area (Å²) in [5.74, 6) is 0. The van der Waals surface area contributed by atoms with Crippen molar-refractivity contribution in [3.05, 3.63) is 47.8 Å². The van der Waals surface area contributed by atoms with E-state index in [-0.39, 0.29) is 15.5 Å². The third-order valence-corrected chi connectivity index (χ3v) is 5.28. The number of aromatic nitrogens is 1. The van der Waals surface area contributed by atoms with Gasteiger partial charge in [0.15, 0.2) is 0 Å². The Morgan fingerprint density at radius 1 is 1.22 bits per heavy atom. The van der Waals surface area contributed by atoms with Gasteiger partial charge in [0.05, 0.1) is 20.3 Å². The van der Waals surface area contributed by atoms with Gasteiger partial charge in [0.2, 0.25) is 10.0 Å². The number of pyridine rings is 1. The minimum absolute atomic E-state index is 0.104. The zero-order valence-corrected chi connectivity index (χ0v) is 14.4. The number of anilines is 1. The Morgan fingerprint density at radius 3 is 2.43 bits per heavy atom. The van der Waals surface area contributed by atoms with Gasteiger partial charge in [-0.15, -0.1) is 0 Å². The van der Waals surface area contributed by atoms with Gasteiger partial charge in [-0.1, -0.05) is 6.07 Å². The molecule has 0 aliphatic heterocycles. The Balaban J connectivity index is 2.51. The molecule has 0 spiro atoms. The molecule has 9 heteroatoms. The van der Waals surface area contributed by atoms with Gasteiger partial charge in [-0.2, -0.15) is 0 Å². The SMILES string of the molecule is Cc1cc(CNc2c(S(C)(=N)=O)cccc2S(N)(=O)=O)ccn1. The molecule has 1 heterocycles. The molecule has 0 saturated heterocycles. The molecule has 0 radical (unpaired) electrons. The second kappa shape index (κ2) is 6.26. The van der Waals surface area contributed by atoms with Gasteiger partial charge in [0.1, 0.15) is 4.90 Å². The lowest BCUT2D eigenvalue weighted by molar-refractivity contribution is 0.598. The van der Waals surface area contributed by atoms with E-state index in [0.717, 1.165) is 11.3 Å². The van der Waals surface area contributed by atoms with Crippen molar-refractivity contribution < 1.29 is 12.6 Å². The summed E-state index contributed by atoms with van der Waals surface area (Å²) in [6.07, 6.45) is 2.88. The fourth-order valence-electron chi connectivity index (χ4n) is 2.15. The van der Waals surface area contributed by atoms with Gasteiger partial charge in [-0.25, -0.2) is 22.5 Å². The lowest BCUT2D eigenvalue weighted by atomic mass is 10.2. The summed E-state index contributed by atoms with van der Waals surface area (Å²) in [5.41, 5.74) is 1.80. The number of rotatable bonds is 5. The molecular weight excluding hydrogens is 336 g/mol. The van der Waals surface area contributed by atoms with Crippen LogP contribution in [0.2, 0.25) is 0 Å². The maximum atomic E-state index is 12.1. The van der Waals surface area contributed by atoms with Gasteiger partial charge in [-0.05, 0) is 36.8 Å². The highest BCUT2D eigenvalue weighted by Gasteiger charge is 2.20. The highest BCUT2D eigenvalue weighted by Crippen LogP contribution is 2.29. The van der Waals surface area contributed by atoms with Crippen LogP contribution in [0.5, 0.6) is 0 Å². The second-order valence-corrected chi connectivity index (χ2v) is 8.83. The zero-order chi connectivity index (χ0) is 17.3. The van der Waals surface area contributed by atoms with Crippen molar-refractivity contribution in [1.29, 1.82) is 4.78 Å².